The predicted molar refractivity (Wildman–Crippen MR) is 124 cm³/mol. The van der Waals surface area contributed by atoms with Crippen LogP contribution < -0.4 is 0 Å². The SMILES string of the molecule is Cc1[nH]nc2nc(-c3ccc(O)cc3F)cc(CN3CC4(CCCC4)N(C)CC3(C)C)c12. The number of likely N-dealkylation sites (N-methyl/N-ethyl adjacent to an activating group) is 1. The molecule has 1 aliphatic carbocycles. The van der Waals surface area contributed by atoms with Crippen LogP contribution in [-0.2, 0) is 6.54 Å². The summed E-state index contributed by atoms with van der Waals surface area (Å²) in [6, 6.07) is 6.20. The van der Waals surface area contributed by atoms with Crippen molar-refractivity contribution in [2.75, 3.05) is 20.1 Å². The van der Waals surface area contributed by atoms with Crippen LogP contribution in [-0.4, -0.2) is 61.3 Å². The van der Waals surface area contributed by atoms with Crippen LogP contribution in [0.3, 0.4) is 0 Å². The number of aryl methyl sites for hydroxylation is 1. The number of piperazine rings is 1. The van der Waals surface area contributed by atoms with Gasteiger partial charge in [-0.15, -0.1) is 0 Å². The highest BCUT2D eigenvalue weighted by Gasteiger charge is 2.47. The van der Waals surface area contributed by atoms with E-state index in [1.165, 1.54) is 31.7 Å². The number of nitrogens with zero attached hydrogens (tertiary/aromatic N) is 4. The molecule has 0 unspecified atom stereocenters. The van der Waals surface area contributed by atoms with E-state index in [0.29, 0.717) is 16.9 Å². The minimum atomic E-state index is -0.486. The Morgan fingerprint density at radius 2 is 1.91 bits per heavy atom. The first-order chi connectivity index (χ1) is 15.2. The molecular weight excluding hydrogens is 405 g/mol. The Balaban J connectivity index is 1.58. The summed E-state index contributed by atoms with van der Waals surface area (Å²) in [6.07, 6.45) is 5.08. The molecule has 2 aromatic heterocycles. The van der Waals surface area contributed by atoms with Crippen molar-refractivity contribution in [2.45, 2.75) is 64.1 Å². The van der Waals surface area contributed by atoms with E-state index in [0.717, 1.165) is 42.3 Å². The molecule has 1 saturated carbocycles. The molecule has 0 radical (unpaired) electrons. The van der Waals surface area contributed by atoms with Crippen molar-refractivity contribution >= 4 is 11.0 Å². The normalized spacial score (nSPS) is 21.0. The average molecular weight is 438 g/mol. The van der Waals surface area contributed by atoms with Crippen LogP contribution in [0.25, 0.3) is 22.3 Å². The maximum absolute atomic E-state index is 14.7. The third-order valence-electron chi connectivity index (χ3n) is 7.69. The van der Waals surface area contributed by atoms with Gasteiger partial charge in [0.15, 0.2) is 5.65 Å². The lowest BCUT2D eigenvalue weighted by Gasteiger charge is -2.55. The van der Waals surface area contributed by atoms with Gasteiger partial charge in [0, 0.05) is 53.4 Å². The van der Waals surface area contributed by atoms with Crippen molar-refractivity contribution in [3.63, 3.8) is 0 Å². The summed E-state index contributed by atoms with van der Waals surface area (Å²) < 4.78 is 14.7. The lowest BCUT2D eigenvalue weighted by molar-refractivity contribution is -0.0598. The number of hydrogen-bond acceptors (Lipinski definition) is 5. The van der Waals surface area contributed by atoms with Crippen molar-refractivity contribution in [3.8, 4) is 17.0 Å². The van der Waals surface area contributed by atoms with E-state index in [9.17, 15) is 9.50 Å². The second-order valence-electron chi connectivity index (χ2n) is 10.3. The molecule has 32 heavy (non-hydrogen) atoms. The van der Waals surface area contributed by atoms with E-state index in [2.05, 4.69) is 45.9 Å². The predicted octanol–water partition coefficient (Wildman–Crippen LogP) is 4.62. The standard InChI is InChI=1S/C25H32FN5O/c1-16-22-17(13-31-15-25(9-5-6-10-25)30(4)14-24(31,2)3)11-21(27-23(22)29-28-16)19-8-7-18(32)12-20(19)26/h7-8,11-12,32H,5-6,9-10,13-15H2,1-4H3,(H,27,28,29). The van der Waals surface area contributed by atoms with Crippen molar-refractivity contribution < 1.29 is 9.50 Å². The molecule has 0 bridgehead atoms. The lowest BCUT2D eigenvalue weighted by Crippen LogP contribution is -2.67. The van der Waals surface area contributed by atoms with Crippen LogP contribution in [0, 0.1) is 12.7 Å². The van der Waals surface area contributed by atoms with Gasteiger partial charge in [-0.25, -0.2) is 9.37 Å². The third-order valence-corrected chi connectivity index (χ3v) is 7.69. The van der Waals surface area contributed by atoms with Gasteiger partial charge in [0.2, 0.25) is 0 Å². The molecule has 3 aromatic rings. The summed E-state index contributed by atoms with van der Waals surface area (Å²) in [6.45, 7) is 9.44. The quantitative estimate of drug-likeness (QED) is 0.626. The smallest absolute Gasteiger partial charge is 0.182 e. The molecule has 7 heteroatoms. The van der Waals surface area contributed by atoms with Crippen molar-refractivity contribution in [1.82, 2.24) is 25.0 Å². The number of phenolic OH excluding ortho intramolecular Hbond substituents is 1. The van der Waals surface area contributed by atoms with Crippen LogP contribution in [0.2, 0.25) is 0 Å². The highest BCUT2D eigenvalue weighted by Crippen LogP contribution is 2.42. The second-order valence-corrected chi connectivity index (χ2v) is 10.3. The molecule has 3 heterocycles. The fourth-order valence-electron chi connectivity index (χ4n) is 5.83. The molecule has 0 atom stereocenters. The van der Waals surface area contributed by atoms with Crippen molar-refractivity contribution in [3.05, 3.63) is 41.3 Å². The van der Waals surface area contributed by atoms with E-state index in [4.69, 9.17) is 0 Å². The Hall–Kier alpha value is -2.51. The number of phenols is 1. The van der Waals surface area contributed by atoms with E-state index in [1.807, 2.05) is 13.0 Å². The van der Waals surface area contributed by atoms with E-state index in [1.54, 1.807) is 6.07 Å². The molecule has 6 nitrogen and oxygen atoms in total. The van der Waals surface area contributed by atoms with Gasteiger partial charge in [-0.05, 0) is 64.4 Å². The second kappa shape index (κ2) is 7.52. The van der Waals surface area contributed by atoms with E-state index < -0.39 is 5.82 Å². The van der Waals surface area contributed by atoms with Crippen LogP contribution >= 0.6 is 0 Å². The Kier molecular flexibility index (Phi) is 5.02. The molecule has 2 N–H and O–H groups in total. The number of H-pyrrole nitrogens is 1. The van der Waals surface area contributed by atoms with Crippen LogP contribution in [0.4, 0.5) is 4.39 Å². The molecule has 1 saturated heterocycles. The first kappa shape index (κ1) is 21.3. The Bertz CT molecular complexity index is 1160. The van der Waals surface area contributed by atoms with E-state index in [-0.39, 0.29) is 16.8 Å². The molecule has 1 aromatic carbocycles. The monoisotopic (exact) mass is 437 g/mol. The number of pyridine rings is 1. The average Bonchev–Trinajstić information content (AvgIpc) is 3.34. The zero-order valence-corrected chi connectivity index (χ0v) is 19.4. The summed E-state index contributed by atoms with van der Waals surface area (Å²) in [4.78, 5) is 9.82. The molecule has 2 aliphatic rings. The molecule has 2 fully saturated rings. The van der Waals surface area contributed by atoms with Gasteiger partial charge in [-0.3, -0.25) is 14.9 Å². The van der Waals surface area contributed by atoms with Gasteiger partial charge in [0.25, 0.3) is 0 Å². The van der Waals surface area contributed by atoms with Gasteiger partial charge in [0.05, 0.1) is 5.69 Å². The molecule has 1 aliphatic heterocycles. The minimum absolute atomic E-state index is 0.0137. The zero-order valence-electron chi connectivity index (χ0n) is 19.4. The molecular formula is C25H32FN5O. The molecule has 170 valence electrons. The van der Waals surface area contributed by atoms with Gasteiger partial charge in [-0.2, -0.15) is 5.10 Å². The zero-order chi connectivity index (χ0) is 22.7. The fourth-order valence-corrected chi connectivity index (χ4v) is 5.83. The molecule has 0 amide bonds. The van der Waals surface area contributed by atoms with Gasteiger partial charge >= 0.3 is 0 Å². The fraction of sp³-hybridized carbons (Fsp3) is 0.520. The number of hydrogen-bond donors (Lipinski definition) is 2. The maximum Gasteiger partial charge on any atom is 0.182 e. The highest BCUT2D eigenvalue weighted by molar-refractivity contribution is 5.84. The number of aromatic hydroxyl groups is 1. The summed E-state index contributed by atoms with van der Waals surface area (Å²) in [5.74, 6) is -0.580. The summed E-state index contributed by atoms with van der Waals surface area (Å²) >= 11 is 0. The van der Waals surface area contributed by atoms with Crippen molar-refractivity contribution in [2.24, 2.45) is 0 Å². The largest absolute Gasteiger partial charge is 0.508 e. The number of fused-ring (bicyclic) bond motifs is 1. The third kappa shape index (κ3) is 3.48. The van der Waals surface area contributed by atoms with Crippen LogP contribution in [0.5, 0.6) is 5.75 Å². The Labute approximate surface area is 188 Å². The summed E-state index contributed by atoms with van der Waals surface area (Å²) in [7, 11) is 2.28. The molecule has 1 spiro atoms. The first-order valence-corrected chi connectivity index (χ1v) is 11.5. The van der Waals surface area contributed by atoms with Gasteiger partial charge < -0.3 is 5.11 Å². The number of aromatic nitrogens is 3. The minimum Gasteiger partial charge on any atom is -0.508 e. The van der Waals surface area contributed by atoms with Gasteiger partial charge in [0.1, 0.15) is 11.6 Å². The first-order valence-electron chi connectivity index (χ1n) is 11.5. The number of rotatable bonds is 3. The highest BCUT2D eigenvalue weighted by atomic mass is 19.1. The number of aromatic amines is 1. The Morgan fingerprint density at radius 1 is 1.16 bits per heavy atom. The van der Waals surface area contributed by atoms with Gasteiger partial charge in [-0.1, -0.05) is 12.8 Å². The van der Waals surface area contributed by atoms with Crippen molar-refractivity contribution in [1.29, 1.82) is 0 Å². The van der Waals surface area contributed by atoms with Crippen LogP contribution in [0.1, 0.15) is 50.8 Å². The lowest BCUT2D eigenvalue weighted by atomic mass is 9.85. The number of nitrogens with one attached hydrogen (secondary N) is 1. The number of halogens is 1. The topological polar surface area (TPSA) is 68.3 Å². The van der Waals surface area contributed by atoms with E-state index >= 15 is 0 Å². The summed E-state index contributed by atoms with van der Waals surface area (Å²) in [5.41, 5.74) is 3.86. The molecule has 5 rings (SSSR count). The maximum atomic E-state index is 14.7. The van der Waals surface area contributed by atoms with Crippen LogP contribution in [0.15, 0.2) is 24.3 Å². The number of benzene rings is 1. The Morgan fingerprint density at radius 3 is 2.62 bits per heavy atom. The summed E-state index contributed by atoms with van der Waals surface area (Å²) in [5, 5.41) is 18.1.